The van der Waals surface area contributed by atoms with Gasteiger partial charge in [-0.2, -0.15) is 5.26 Å². The van der Waals surface area contributed by atoms with Crippen LogP contribution in [-0.4, -0.2) is 60.7 Å². The Morgan fingerprint density at radius 2 is 1.82 bits per heavy atom. The fourth-order valence-electron chi connectivity index (χ4n) is 3.57. The molecule has 1 aromatic heterocycles. The van der Waals surface area contributed by atoms with Crippen LogP contribution >= 0.6 is 23.4 Å². The molecule has 0 spiro atoms. The maximum Gasteiger partial charge on any atom is 0.194 e. The Labute approximate surface area is 200 Å². The van der Waals surface area contributed by atoms with Gasteiger partial charge in [-0.05, 0) is 30.3 Å². The van der Waals surface area contributed by atoms with E-state index in [1.165, 1.54) is 18.3 Å². The molecule has 1 aliphatic heterocycles. The molecule has 2 aromatic carbocycles. The molecule has 34 heavy (non-hydrogen) atoms. The number of hydrogen-bond acceptors (Lipinski definition) is 8. The van der Waals surface area contributed by atoms with Crippen LogP contribution in [0.5, 0.6) is 0 Å². The van der Waals surface area contributed by atoms with E-state index in [0.29, 0.717) is 9.92 Å². The van der Waals surface area contributed by atoms with E-state index in [4.69, 9.17) is 21.6 Å². The van der Waals surface area contributed by atoms with Gasteiger partial charge in [-0.1, -0.05) is 28.6 Å². The molecule has 3 N–H and O–H groups in total. The lowest BCUT2D eigenvalue weighted by molar-refractivity contribution is -0.178. The number of nitriles is 1. The molecule has 178 valence electrons. The van der Waals surface area contributed by atoms with Crippen LogP contribution in [0.3, 0.4) is 0 Å². The van der Waals surface area contributed by atoms with Crippen LogP contribution in [0.1, 0.15) is 11.6 Å². The van der Waals surface area contributed by atoms with Crippen LogP contribution in [0.2, 0.25) is 5.02 Å². The van der Waals surface area contributed by atoms with E-state index in [-0.39, 0.29) is 16.8 Å². The van der Waals surface area contributed by atoms with Crippen molar-refractivity contribution in [3.05, 3.63) is 64.6 Å². The molecule has 5 atom stereocenters. The zero-order valence-corrected chi connectivity index (χ0v) is 18.6. The second-order valence-electron chi connectivity index (χ2n) is 7.44. The first-order valence-electron chi connectivity index (χ1n) is 9.78. The second-order valence-corrected chi connectivity index (χ2v) is 9.05. The summed E-state index contributed by atoms with van der Waals surface area (Å²) in [6, 6.07) is 6.83. The van der Waals surface area contributed by atoms with Gasteiger partial charge >= 0.3 is 0 Å². The molecular weight excluding hydrogens is 497 g/mol. The van der Waals surface area contributed by atoms with Crippen molar-refractivity contribution in [2.24, 2.45) is 0 Å². The largest absolute Gasteiger partial charge is 0.394 e. The van der Waals surface area contributed by atoms with Gasteiger partial charge in [-0.25, -0.2) is 17.9 Å². The molecule has 2 heterocycles. The molecule has 1 saturated heterocycles. The monoisotopic (exact) mass is 512 g/mol. The Hall–Kier alpha value is -2.66. The van der Waals surface area contributed by atoms with Crippen molar-refractivity contribution in [3.63, 3.8) is 0 Å². The zero-order chi connectivity index (χ0) is 24.6. The highest BCUT2D eigenvalue weighted by molar-refractivity contribution is 7.99. The van der Waals surface area contributed by atoms with Crippen molar-refractivity contribution in [2.75, 3.05) is 6.61 Å². The fourth-order valence-corrected chi connectivity index (χ4v) is 5.02. The van der Waals surface area contributed by atoms with Gasteiger partial charge in [0.15, 0.2) is 17.5 Å². The van der Waals surface area contributed by atoms with E-state index in [0.717, 1.165) is 28.6 Å². The highest BCUT2D eigenvalue weighted by Crippen LogP contribution is 2.39. The lowest BCUT2D eigenvalue weighted by Crippen LogP contribution is -2.55. The summed E-state index contributed by atoms with van der Waals surface area (Å²) in [6.45, 7) is -0.587. The lowest BCUT2D eigenvalue weighted by atomic mass is 9.97. The number of nitrogens with zero attached hydrogens (tertiary/aromatic N) is 4. The summed E-state index contributed by atoms with van der Waals surface area (Å²) in [5, 5.41) is 48.5. The average Bonchev–Trinajstić information content (AvgIpc) is 3.28. The maximum atomic E-state index is 13.6. The fraction of sp³-hybridized carbons (Fsp3) is 0.286. The Morgan fingerprint density at radius 1 is 1.12 bits per heavy atom. The lowest BCUT2D eigenvalue weighted by Gasteiger charge is -2.41. The number of benzene rings is 2. The van der Waals surface area contributed by atoms with Gasteiger partial charge in [-0.3, -0.25) is 0 Å². The Morgan fingerprint density at radius 3 is 2.47 bits per heavy atom. The van der Waals surface area contributed by atoms with Gasteiger partial charge in [0.25, 0.3) is 0 Å². The summed E-state index contributed by atoms with van der Waals surface area (Å²) in [5.41, 5.74) is -0.882. The van der Waals surface area contributed by atoms with Crippen molar-refractivity contribution in [2.45, 2.75) is 34.7 Å². The third-order valence-corrected chi connectivity index (χ3v) is 6.54. The minimum Gasteiger partial charge on any atom is -0.394 e. The van der Waals surface area contributed by atoms with Crippen LogP contribution in [0.4, 0.5) is 13.2 Å². The summed E-state index contributed by atoms with van der Waals surface area (Å²) in [6.07, 6.45) is -2.72. The van der Waals surface area contributed by atoms with Crippen molar-refractivity contribution < 1.29 is 33.2 Å². The standard InChI is InChI=1S/C21H16ClF3N4O4S/c22-11-1-9(6-26)2-12(5-11)34-21-20(32)18(19(31)16(8-30)33-21)29-7-15(27-28-29)10-3-13(23)17(25)14(24)4-10/h1-5,7,16,18-21,30-32H,8H2/t16?,18?,19-,20?,21+/m0/s1. The number of aliphatic hydroxyl groups is 3. The smallest absolute Gasteiger partial charge is 0.194 e. The molecule has 0 aliphatic carbocycles. The molecule has 13 heteroatoms. The molecule has 3 aromatic rings. The van der Waals surface area contributed by atoms with Gasteiger partial charge < -0.3 is 20.1 Å². The van der Waals surface area contributed by atoms with Crippen LogP contribution in [0.15, 0.2) is 41.4 Å². The highest BCUT2D eigenvalue weighted by Gasteiger charge is 2.46. The summed E-state index contributed by atoms with van der Waals surface area (Å²) in [7, 11) is 0. The number of aromatic nitrogens is 3. The number of ether oxygens (including phenoxy) is 1. The van der Waals surface area contributed by atoms with Gasteiger partial charge in [0.1, 0.15) is 35.5 Å². The van der Waals surface area contributed by atoms with Crippen LogP contribution < -0.4 is 0 Å². The van der Waals surface area contributed by atoms with Crippen molar-refractivity contribution in [1.29, 1.82) is 5.26 Å². The zero-order valence-electron chi connectivity index (χ0n) is 17.0. The third kappa shape index (κ3) is 4.76. The second kappa shape index (κ2) is 9.91. The molecular formula is C21H16ClF3N4O4S. The number of thioether (sulfide) groups is 1. The van der Waals surface area contributed by atoms with Crippen molar-refractivity contribution in [3.8, 4) is 17.3 Å². The number of hydrogen-bond donors (Lipinski definition) is 3. The van der Waals surface area contributed by atoms with E-state index in [9.17, 15) is 28.5 Å². The molecule has 4 rings (SSSR count). The Kier molecular flexibility index (Phi) is 7.13. The highest BCUT2D eigenvalue weighted by atomic mass is 35.5. The number of aliphatic hydroxyl groups excluding tert-OH is 3. The summed E-state index contributed by atoms with van der Waals surface area (Å²) in [4.78, 5) is 0.497. The first-order chi connectivity index (χ1) is 16.2. The SMILES string of the molecule is N#Cc1cc(Cl)cc(S[C@H]2OC(CO)[C@H](O)C(n3cc(-c4cc(F)c(F)c(F)c4)nn3)C2O)c1. The molecule has 0 radical (unpaired) electrons. The molecule has 0 amide bonds. The van der Waals surface area contributed by atoms with Crippen molar-refractivity contribution >= 4 is 23.4 Å². The van der Waals surface area contributed by atoms with E-state index < -0.39 is 53.8 Å². The molecule has 1 aliphatic rings. The Bertz CT molecular complexity index is 1230. The van der Waals surface area contributed by atoms with Gasteiger partial charge in [-0.15, -0.1) is 5.10 Å². The first kappa shape index (κ1) is 24.5. The predicted octanol–water partition coefficient (Wildman–Crippen LogP) is 2.66. The minimum atomic E-state index is -1.63. The van der Waals surface area contributed by atoms with E-state index in [2.05, 4.69) is 10.3 Å². The van der Waals surface area contributed by atoms with Crippen LogP contribution in [0.25, 0.3) is 11.3 Å². The molecule has 3 unspecified atom stereocenters. The molecule has 0 bridgehead atoms. The van der Waals surface area contributed by atoms with Gasteiger partial charge in [0.05, 0.1) is 24.4 Å². The molecule has 0 saturated carbocycles. The summed E-state index contributed by atoms with van der Waals surface area (Å²) < 4.78 is 47.3. The summed E-state index contributed by atoms with van der Waals surface area (Å²) >= 11 is 7.04. The molecule has 1 fully saturated rings. The topological polar surface area (TPSA) is 124 Å². The quantitative estimate of drug-likeness (QED) is 0.446. The number of halogens is 4. The average molecular weight is 513 g/mol. The Balaban J connectivity index is 1.65. The van der Waals surface area contributed by atoms with Gasteiger partial charge in [0, 0.05) is 15.5 Å². The molecule has 8 nitrogen and oxygen atoms in total. The number of rotatable bonds is 5. The van der Waals surface area contributed by atoms with E-state index in [1.54, 1.807) is 6.07 Å². The third-order valence-electron chi connectivity index (χ3n) is 5.20. The normalized spacial score (nSPS) is 24.7. The predicted molar refractivity (Wildman–Crippen MR) is 114 cm³/mol. The van der Waals surface area contributed by atoms with Crippen LogP contribution in [-0.2, 0) is 4.74 Å². The van der Waals surface area contributed by atoms with Crippen LogP contribution in [0, 0.1) is 28.8 Å². The minimum absolute atomic E-state index is 0.0399. The van der Waals surface area contributed by atoms with Crippen molar-refractivity contribution in [1.82, 2.24) is 15.0 Å². The maximum absolute atomic E-state index is 13.6. The van der Waals surface area contributed by atoms with E-state index >= 15 is 0 Å². The van der Waals surface area contributed by atoms with Gasteiger partial charge in [0.2, 0.25) is 0 Å². The summed E-state index contributed by atoms with van der Waals surface area (Å²) in [5.74, 6) is -4.45. The van der Waals surface area contributed by atoms with E-state index in [1.807, 2.05) is 6.07 Å². The first-order valence-corrected chi connectivity index (χ1v) is 11.0.